The number of piperazine rings is 1. The van der Waals surface area contributed by atoms with Crippen LogP contribution in [0.2, 0.25) is 5.02 Å². The summed E-state index contributed by atoms with van der Waals surface area (Å²) < 4.78 is 5.58. The standard InChI is InChI=1S/C26H34ClN3O3/c1-20(2)33-19-18-30(21(3)31)25-10-6-23(7-11-25)26(32)29-16-14-28(15-17-29)13-12-22-4-8-24(27)9-5-22/h4-11,20H,12-19H2,1-3H3. The first-order chi connectivity index (χ1) is 15.8. The molecule has 6 nitrogen and oxygen atoms in total. The van der Waals surface area contributed by atoms with Gasteiger partial charge in [0.1, 0.15) is 0 Å². The Labute approximate surface area is 202 Å². The molecule has 0 radical (unpaired) electrons. The lowest BCUT2D eigenvalue weighted by Crippen LogP contribution is -2.49. The van der Waals surface area contributed by atoms with Crippen LogP contribution < -0.4 is 4.90 Å². The molecular formula is C26H34ClN3O3. The maximum absolute atomic E-state index is 13.0. The van der Waals surface area contributed by atoms with E-state index in [9.17, 15) is 9.59 Å². The van der Waals surface area contributed by atoms with E-state index < -0.39 is 0 Å². The molecule has 1 fully saturated rings. The predicted octanol–water partition coefficient (Wildman–Crippen LogP) is 4.12. The third kappa shape index (κ3) is 7.56. The fraction of sp³-hybridized carbons (Fsp3) is 0.462. The Kier molecular flexibility index (Phi) is 9.30. The number of carbonyl (C=O) groups is 2. The summed E-state index contributed by atoms with van der Waals surface area (Å²) in [7, 11) is 0. The van der Waals surface area contributed by atoms with Crippen LogP contribution in [0.1, 0.15) is 36.7 Å². The molecule has 0 unspecified atom stereocenters. The van der Waals surface area contributed by atoms with Gasteiger partial charge in [-0.2, -0.15) is 0 Å². The third-order valence-electron chi connectivity index (χ3n) is 5.86. The van der Waals surface area contributed by atoms with E-state index in [-0.39, 0.29) is 17.9 Å². The van der Waals surface area contributed by atoms with Crippen LogP contribution in [0.25, 0.3) is 0 Å². The number of halogens is 1. The van der Waals surface area contributed by atoms with Crippen LogP contribution in [0.5, 0.6) is 0 Å². The monoisotopic (exact) mass is 471 g/mol. The predicted molar refractivity (Wildman–Crippen MR) is 133 cm³/mol. The molecule has 2 aromatic carbocycles. The zero-order valence-corrected chi connectivity index (χ0v) is 20.6. The van der Waals surface area contributed by atoms with Crippen molar-refractivity contribution in [2.75, 3.05) is 50.8 Å². The first kappa shape index (κ1) is 25.2. The van der Waals surface area contributed by atoms with E-state index >= 15 is 0 Å². The van der Waals surface area contributed by atoms with Gasteiger partial charge in [-0.25, -0.2) is 0 Å². The summed E-state index contributed by atoms with van der Waals surface area (Å²) in [5, 5.41) is 0.757. The third-order valence-corrected chi connectivity index (χ3v) is 6.11. The molecule has 7 heteroatoms. The molecule has 178 valence electrons. The molecule has 1 heterocycles. The number of benzene rings is 2. The number of amides is 2. The van der Waals surface area contributed by atoms with Gasteiger partial charge in [-0.1, -0.05) is 23.7 Å². The van der Waals surface area contributed by atoms with E-state index in [0.29, 0.717) is 31.8 Å². The van der Waals surface area contributed by atoms with E-state index in [4.69, 9.17) is 16.3 Å². The van der Waals surface area contributed by atoms with E-state index in [0.717, 1.165) is 36.8 Å². The number of hydrogen-bond donors (Lipinski definition) is 0. The SMILES string of the molecule is CC(=O)N(CCOC(C)C)c1ccc(C(=O)N2CCN(CCc3ccc(Cl)cc3)CC2)cc1. The van der Waals surface area contributed by atoms with Crippen LogP contribution in [-0.4, -0.2) is 73.6 Å². The Balaban J connectivity index is 1.49. The van der Waals surface area contributed by atoms with Crippen LogP contribution >= 0.6 is 11.6 Å². The lowest BCUT2D eigenvalue weighted by Gasteiger charge is -2.35. The molecular weight excluding hydrogens is 438 g/mol. The second kappa shape index (κ2) is 12.2. The summed E-state index contributed by atoms with van der Waals surface area (Å²) in [5.74, 6) is -0.00688. The summed E-state index contributed by atoms with van der Waals surface area (Å²) >= 11 is 5.95. The molecule has 0 atom stereocenters. The van der Waals surface area contributed by atoms with Crippen LogP contribution in [-0.2, 0) is 16.0 Å². The van der Waals surface area contributed by atoms with E-state index in [2.05, 4.69) is 17.0 Å². The molecule has 3 rings (SSSR count). The van der Waals surface area contributed by atoms with E-state index in [1.807, 2.05) is 55.1 Å². The molecule has 0 spiro atoms. The van der Waals surface area contributed by atoms with Gasteiger partial charge in [0.15, 0.2) is 0 Å². The van der Waals surface area contributed by atoms with Crippen molar-refractivity contribution in [2.45, 2.75) is 33.3 Å². The number of ether oxygens (including phenoxy) is 1. The van der Waals surface area contributed by atoms with Crippen molar-refractivity contribution in [1.82, 2.24) is 9.80 Å². The maximum atomic E-state index is 13.0. The minimum atomic E-state index is -0.0452. The molecule has 0 aromatic heterocycles. The van der Waals surface area contributed by atoms with Gasteiger partial charge in [-0.3, -0.25) is 14.5 Å². The molecule has 0 aliphatic carbocycles. The van der Waals surface area contributed by atoms with E-state index in [1.165, 1.54) is 5.56 Å². The topological polar surface area (TPSA) is 53.1 Å². The smallest absolute Gasteiger partial charge is 0.253 e. The summed E-state index contributed by atoms with van der Waals surface area (Å²) in [5.41, 5.74) is 2.70. The first-order valence-corrected chi connectivity index (χ1v) is 12.0. The van der Waals surface area contributed by atoms with Gasteiger partial charge >= 0.3 is 0 Å². The first-order valence-electron chi connectivity index (χ1n) is 11.6. The van der Waals surface area contributed by atoms with Crippen molar-refractivity contribution < 1.29 is 14.3 Å². The normalized spacial score (nSPS) is 14.5. The summed E-state index contributed by atoms with van der Waals surface area (Å²) in [6.45, 7) is 10.6. The summed E-state index contributed by atoms with van der Waals surface area (Å²) in [4.78, 5) is 31.0. The van der Waals surface area contributed by atoms with Crippen LogP contribution in [0.15, 0.2) is 48.5 Å². The van der Waals surface area contributed by atoms with Gasteiger partial charge in [-0.15, -0.1) is 0 Å². The minimum absolute atomic E-state index is 0.0383. The van der Waals surface area contributed by atoms with Crippen LogP contribution in [0.3, 0.4) is 0 Å². The molecule has 0 saturated carbocycles. The Bertz CT molecular complexity index is 907. The Morgan fingerprint density at radius 3 is 2.21 bits per heavy atom. The van der Waals surface area contributed by atoms with Crippen molar-refractivity contribution in [2.24, 2.45) is 0 Å². The largest absolute Gasteiger partial charge is 0.377 e. The van der Waals surface area contributed by atoms with Crippen molar-refractivity contribution in [3.05, 3.63) is 64.7 Å². The zero-order chi connectivity index (χ0) is 23.8. The molecule has 0 bridgehead atoms. The maximum Gasteiger partial charge on any atom is 0.253 e. The van der Waals surface area contributed by atoms with Crippen molar-refractivity contribution in [1.29, 1.82) is 0 Å². The number of anilines is 1. The highest BCUT2D eigenvalue weighted by Crippen LogP contribution is 2.18. The quantitative estimate of drug-likeness (QED) is 0.552. The highest BCUT2D eigenvalue weighted by Gasteiger charge is 2.22. The molecule has 1 aliphatic heterocycles. The second-order valence-corrected chi connectivity index (χ2v) is 9.08. The minimum Gasteiger partial charge on any atom is -0.377 e. The molecule has 1 aliphatic rings. The van der Waals surface area contributed by atoms with Crippen LogP contribution in [0.4, 0.5) is 5.69 Å². The highest BCUT2D eigenvalue weighted by molar-refractivity contribution is 6.30. The Morgan fingerprint density at radius 2 is 1.64 bits per heavy atom. The second-order valence-electron chi connectivity index (χ2n) is 8.65. The number of hydrogen-bond acceptors (Lipinski definition) is 4. The summed E-state index contributed by atoms with van der Waals surface area (Å²) in [6.07, 6.45) is 1.10. The van der Waals surface area contributed by atoms with Gasteiger partial charge in [-0.05, 0) is 62.2 Å². The average molecular weight is 472 g/mol. The van der Waals surface area contributed by atoms with Gasteiger partial charge in [0, 0.05) is 62.5 Å². The number of carbonyl (C=O) groups excluding carboxylic acids is 2. The molecule has 33 heavy (non-hydrogen) atoms. The molecule has 1 saturated heterocycles. The summed E-state index contributed by atoms with van der Waals surface area (Å²) in [6, 6.07) is 15.3. The number of rotatable bonds is 9. The Morgan fingerprint density at radius 1 is 1.00 bits per heavy atom. The molecule has 2 amide bonds. The number of nitrogens with zero attached hydrogens (tertiary/aromatic N) is 3. The van der Waals surface area contributed by atoms with E-state index in [1.54, 1.807) is 11.8 Å². The highest BCUT2D eigenvalue weighted by atomic mass is 35.5. The fourth-order valence-electron chi connectivity index (χ4n) is 3.93. The zero-order valence-electron chi connectivity index (χ0n) is 19.8. The van der Waals surface area contributed by atoms with Crippen molar-refractivity contribution in [3.63, 3.8) is 0 Å². The fourth-order valence-corrected chi connectivity index (χ4v) is 4.05. The Hall–Kier alpha value is -2.41. The lowest BCUT2D eigenvalue weighted by atomic mass is 10.1. The van der Waals surface area contributed by atoms with Crippen molar-refractivity contribution in [3.8, 4) is 0 Å². The van der Waals surface area contributed by atoms with Gasteiger partial charge in [0.2, 0.25) is 5.91 Å². The average Bonchev–Trinajstić information content (AvgIpc) is 2.81. The van der Waals surface area contributed by atoms with Crippen molar-refractivity contribution >= 4 is 29.1 Å². The molecule has 2 aromatic rings. The lowest BCUT2D eigenvalue weighted by molar-refractivity contribution is -0.116. The van der Waals surface area contributed by atoms with Gasteiger partial charge < -0.3 is 14.5 Å². The molecule has 0 N–H and O–H groups in total. The van der Waals surface area contributed by atoms with Crippen LogP contribution in [0, 0.1) is 0 Å². The van der Waals surface area contributed by atoms with Gasteiger partial charge in [0.25, 0.3) is 5.91 Å². The van der Waals surface area contributed by atoms with Gasteiger partial charge in [0.05, 0.1) is 12.7 Å².